The Hall–Kier alpha value is -0.0300. The first-order valence-corrected chi connectivity index (χ1v) is 5.11. The largest absolute Gasteiger partial charge is 0.392 e. The maximum Gasteiger partial charge on any atom is 0.0693 e. The molecule has 0 spiro atoms. The van der Waals surface area contributed by atoms with Crippen LogP contribution in [0.3, 0.4) is 0 Å². The quantitative estimate of drug-likeness (QED) is 0.804. The molecule has 0 radical (unpaired) electrons. The predicted octanol–water partition coefficient (Wildman–Crippen LogP) is 2.17. The van der Waals surface area contributed by atoms with Crippen molar-refractivity contribution in [2.75, 3.05) is 7.05 Å². The molecular formula is C8H10BrNOS. The number of nitrogens with one attached hydrogen (secondary N) is 1. The second kappa shape index (κ2) is 4.87. The molecule has 0 aliphatic heterocycles. The van der Waals surface area contributed by atoms with Crippen LogP contribution in [0.5, 0.6) is 0 Å². The van der Waals surface area contributed by atoms with Crippen LogP contribution in [-0.2, 0) is 6.61 Å². The Morgan fingerprint density at radius 1 is 1.58 bits per heavy atom. The van der Waals surface area contributed by atoms with Gasteiger partial charge in [-0.15, -0.1) is 0 Å². The van der Waals surface area contributed by atoms with E-state index in [0.29, 0.717) is 0 Å². The van der Waals surface area contributed by atoms with Crippen LogP contribution in [0, 0.1) is 0 Å². The van der Waals surface area contributed by atoms with E-state index in [-0.39, 0.29) is 6.61 Å². The molecule has 2 N–H and O–H groups in total. The lowest BCUT2D eigenvalue weighted by Crippen LogP contribution is -1.92. The molecule has 0 atom stereocenters. The molecule has 0 saturated carbocycles. The van der Waals surface area contributed by atoms with Crippen LogP contribution < -0.4 is 4.72 Å². The Balaban J connectivity index is 2.89. The summed E-state index contributed by atoms with van der Waals surface area (Å²) in [7, 11) is 1.87. The van der Waals surface area contributed by atoms with E-state index >= 15 is 0 Å². The molecule has 0 bridgehead atoms. The van der Waals surface area contributed by atoms with Crippen LogP contribution in [0.2, 0.25) is 0 Å². The van der Waals surface area contributed by atoms with Crippen molar-refractivity contribution in [3.63, 3.8) is 0 Å². The van der Waals surface area contributed by atoms with Crippen molar-refractivity contribution in [1.29, 1.82) is 0 Å². The lowest BCUT2D eigenvalue weighted by atomic mass is 10.2. The molecule has 0 aromatic heterocycles. The van der Waals surface area contributed by atoms with Gasteiger partial charge >= 0.3 is 0 Å². The average molecular weight is 248 g/mol. The maximum atomic E-state index is 8.95. The molecule has 66 valence electrons. The van der Waals surface area contributed by atoms with Gasteiger partial charge in [0, 0.05) is 9.37 Å². The van der Waals surface area contributed by atoms with Crippen LogP contribution in [0.4, 0.5) is 0 Å². The molecule has 12 heavy (non-hydrogen) atoms. The fraction of sp³-hybridized carbons (Fsp3) is 0.250. The lowest BCUT2D eigenvalue weighted by Gasteiger charge is -2.03. The third kappa shape index (κ3) is 2.48. The molecule has 4 heteroatoms. The Morgan fingerprint density at radius 2 is 2.33 bits per heavy atom. The van der Waals surface area contributed by atoms with Crippen molar-refractivity contribution in [3.05, 3.63) is 28.2 Å². The summed E-state index contributed by atoms with van der Waals surface area (Å²) in [6.45, 7) is 0.0682. The van der Waals surface area contributed by atoms with E-state index in [9.17, 15) is 0 Å². The molecule has 1 aromatic carbocycles. The first-order chi connectivity index (χ1) is 5.77. The van der Waals surface area contributed by atoms with Gasteiger partial charge in [-0.25, -0.2) is 0 Å². The minimum Gasteiger partial charge on any atom is -0.392 e. The van der Waals surface area contributed by atoms with Crippen molar-refractivity contribution >= 4 is 27.9 Å². The Bertz CT molecular complexity index is 267. The van der Waals surface area contributed by atoms with Gasteiger partial charge in [-0.3, -0.25) is 4.72 Å². The van der Waals surface area contributed by atoms with Crippen LogP contribution in [0.25, 0.3) is 0 Å². The summed E-state index contributed by atoms with van der Waals surface area (Å²) in [4.78, 5) is 1.10. The first-order valence-electron chi connectivity index (χ1n) is 3.51. The lowest BCUT2D eigenvalue weighted by molar-refractivity contribution is 0.281. The molecule has 0 aliphatic carbocycles. The molecule has 1 rings (SSSR count). The second-order valence-electron chi connectivity index (χ2n) is 2.22. The highest BCUT2D eigenvalue weighted by molar-refractivity contribution is 9.10. The minimum absolute atomic E-state index is 0.0682. The summed E-state index contributed by atoms with van der Waals surface area (Å²) < 4.78 is 3.92. The van der Waals surface area contributed by atoms with Crippen molar-refractivity contribution in [1.82, 2.24) is 4.72 Å². The van der Waals surface area contributed by atoms with E-state index < -0.39 is 0 Å². The highest BCUT2D eigenvalue weighted by Crippen LogP contribution is 2.22. The van der Waals surface area contributed by atoms with E-state index in [0.717, 1.165) is 14.9 Å². The summed E-state index contributed by atoms with van der Waals surface area (Å²) >= 11 is 4.88. The molecule has 1 aromatic rings. The molecular weight excluding hydrogens is 238 g/mol. The van der Waals surface area contributed by atoms with Gasteiger partial charge < -0.3 is 5.11 Å². The molecule has 0 amide bonds. The van der Waals surface area contributed by atoms with Crippen molar-refractivity contribution in [3.8, 4) is 0 Å². The molecule has 2 nitrogen and oxygen atoms in total. The van der Waals surface area contributed by atoms with Gasteiger partial charge in [0.05, 0.1) is 6.61 Å². The zero-order valence-corrected chi connectivity index (χ0v) is 9.08. The normalized spacial score (nSPS) is 10.2. The average Bonchev–Trinajstić information content (AvgIpc) is 2.09. The first kappa shape index (κ1) is 10.1. The fourth-order valence-electron chi connectivity index (χ4n) is 0.854. The number of halogens is 1. The van der Waals surface area contributed by atoms with Gasteiger partial charge in [-0.05, 0) is 42.8 Å². The summed E-state index contributed by atoms with van der Waals surface area (Å²) in [5.74, 6) is 0. The van der Waals surface area contributed by atoms with E-state index in [1.807, 2.05) is 25.2 Å². The summed E-state index contributed by atoms with van der Waals surface area (Å²) in [6.07, 6.45) is 0. The maximum absolute atomic E-state index is 8.95. The predicted molar refractivity (Wildman–Crippen MR) is 55.0 cm³/mol. The fourth-order valence-corrected chi connectivity index (χ4v) is 1.80. The van der Waals surface area contributed by atoms with Crippen LogP contribution in [0.15, 0.2) is 27.6 Å². The van der Waals surface area contributed by atoms with E-state index in [4.69, 9.17) is 5.11 Å². The zero-order chi connectivity index (χ0) is 8.97. The summed E-state index contributed by atoms with van der Waals surface area (Å²) in [5, 5.41) is 8.95. The molecule has 0 unspecified atom stereocenters. The van der Waals surface area contributed by atoms with Gasteiger partial charge in [0.1, 0.15) is 0 Å². The van der Waals surface area contributed by atoms with Gasteiger partial charge in [-0.2, -0.15) is 0 Å². The number of hydrogen-bond donors (Lipinski definition) is 2. The van der Waals surface area contributed by atoms with Gasteiger partial charge in [0.2, 0.25) is 0 Å². The summed E-state index contributed by atoms with van der Waals surface area (Å²) in [6, 6.07) is 5.88. The van der Waals surface area contributed by atoms with Gasteiger partial charge in [-0.1, -0.05) is 15.9 Å². The SMILES string of the molecule is CNSc1ccc(Br)c(CO)c1. The third-order valence-electron chi connectivity index (χ3n) is 1.41. The van der Waals surface area contributed by atoms with Gasteiger partial charge in [0.15, 0.2) is 0 Å². The summed E-state index contributed by atoms with van der Waals surface area (Å²) in [5.41, 5.74) is 0.912. The van der Waals surface area contributed by atoms with Crippen LogP contribution in [-0.4, -0.2) is 12.2 Å². The third-order valence-corrected chi connectivity index (χ3v) is 2.87. The number of aliphatic hydroxyl groups is 1. The van der Waals surface area contributed by atoms with Crippen LogP contribution >= 0.6 is 27.9 Å². The molecule has 0 aliphatic rings. The highest BCUT2D eigenvalue weighted by atomic mass is 79.9. The Morgan fingerprint density at radius 3 is 2.92 bits per heavy atom. The molecule has 0 fully saturated rings. The van der Waals surface area contributed by atoms with E-state index in [1.54, 1.807) is 0 Å². The zero-order valence-electron chi connectivity index (χ0n) is 6.67. The number of benzene rings is 1. The smallest absolute Gasteiger partial charge is 0.0693 e. The van der Waals surface area contributed by atoms with Crippen molar-refractivity contribution < 1.29 is 5.11 Å². The molecule has 0 saturated heterocycles. The second-order valence-corrected chi connectivity index (χ2v) is 4.16. The van der Waals surface area contributed by atoms with E-state index in [2.05, 4.69) is 20.7 Å². The monoisotopic (exact) mass is 247 g/mol. The number of hydrogen-bond acceptors (Lipinski definition) is 3. The number of aliphatic hydroxyl groups excluding tert-OH is 1. The van der Waals surface area contributed by atoms with Crippen LogP contribution in [0.1, 0.15) is 5.56 Å². The Labute approximate surface area is 84.6 Å². The van der Waals surface area contributed by atoms with Crippen molar-refractivity contribution in [2.24, 2.45) is 0 Å². The topological polar surface area (TPSA) is 32.3 Å². The molecule has 0 heterocycles. The minimum atomic E-state index is 0.0682. The van der Waals surface area contributed by atoms with Crippen molar-refractivity contribution in [2.45, 2.75) is 11.5 Å². The highest BCUT2D eigenvalue weighted by Gasteiger charge is 1.99. The number of rotatable bonds is 3. The van der Waals surface area contributed by atoms with Gasteiger partial charge in [0.25, 0.3) is 0 Å². The standard InChI is InChI=1S/C8H10BrNOS/c1-10-12-7-2-3-8(9)6(4-7)5-11/h2-4,10-11H,5H2,1H3. The Kier molecular flexibility index (Phi) is 4.08. The van der Waals surface area contributed by atoms with E-state index in [1.165, 1.54) is 11.9 Å².